The third-order valence-electron chi connectivity index (χ3n) is 2.14. The summed E-state index contributed by atoms with van der Waals surface area (Å²) < 4.78 is 27.4. The topological polar surface area (TPSA) is 72.5 Å². The Kier molecular flexibility index (Phi) is 4.98. The number of benzene rings is 1. The molecule has 1 unspecified atom stereocenters. The minimum atomic E-state index is -3.74. The molecule has 1 atom stereocenters. The average molecular weight is 292 g/mol. The lowest BCUT2D eigenvalue weighted by Gasteiger charge is -2.13. The molecule has 1 aromatic carbocycles. The first-order valence-corrected chi connectivity index (χ1v) is 7.64. The van der Waals surface area contributed by atoms with Crippen molar-refractivity contribution in [3.8, 4) is 5.75 Å². The lowest BCUT2D eigenvalue weighted by molar-refractivity contribution is -0.127. The minimum absolute atomic E-state index is 0.0119. The summed E-state index contributed by atoms with van der Waals surface area (Å²) in [5.74, 6) is 0.171. The molecule has 1 amide bonds. The average Bonchev–Trinajstić information content (AvgIpc) is 2.28. The number of hydrogen-bond acceptors (Lipinski definition) is 4. The number of likely N-dealkylation sites (N-methyl/N-ethyl adjacent to an activating group) is 1. The van der Waals surface area contributed by atoms with Crippen molar-refractivity contribution in [2.45, 2.75) is 24.8 Å². The quantitative estimate of drug-likeness (QED) is 0.835. The molecule has 0 bridgehead atoms. The zero-order valence-electron chi connectivity index (χ0n) is 10.0. The second-order valence-electron chi connectivity index (χ2n) is 3.56. The highest BCUT2D eigenvalue weighted by molar-refractivity contribution is 8.13. The van der Waals surface area contributed by atoms with E-state index in [1.165, 1.54) is 24.3 Å². The third kappa shape index (κ3) is 4.19. The van der Waals surface area contributed by atoms with Gasteiger partial charge in [-0.05, 0) is 38.1 Å². The number of carbonyl (C=O) groups excluding carboxylic acids is 1. The molecule has 1 aromatic rings. The molecule has 18 heavy (non-hydrogen) atoms. The van der Waals surface area contributed by atoms with Crippen molar-refractivity contribution >= 4 is 25.6 Å². The van der Waals surface area contributed by atoms with Crippen molar-refractivity contribution in [1.82, 2.24) is 5.32 Å². The van der Waals surface area contributed by atoms with E-state index < -0.39 is 15.2 Å². The summed E-state index contributed by atoms with van der Waals surface area (Å²) in [5, 5.41) is 2.62. The largest absolute Gasteiger partial charge is 0.481 e. The molecule has 0 aromatic heterocycles. The van der Waals surface area contributed by atoms with Crippen LogP contribution in [-0.4, -0.2) is 27.0 Å². The zero-order valence-corrected chi connectivity index (χ0v) is 11.6. The van der Waals surface area contributed by atoms with Crippen LogP contribution in [0.2, 0.25) is 0 Å². The number of hydrogen-bond donors (Lipinski definition) is 1. The predicted octanol–water partition coefficient (Wildman–Crippen LogP) is 1.52. The summed E-state index contributed by atoms with van der Waals surface area (Å²) in [5.41, 5.74) is 0. The van der Waals surface area contributed by atoms with Crippen LogP contribution in [0.4, 0.5) is 0 Å². The van der Waals surface area contributed by atoms with Gasteiger partial charge in [0.25, 0.3) is 15.0 Å². The molecule has 0 heterocycles. The predicted molar refractivity (Wildman–Crippen MR) is 68.3 cm³/mol. The second-order valence-corrected chi connectivity index (χ2v) is 6.13. The van der Waals surface area contributed by atoms with Gasteiger partial charge in [-0.15, -0.1) is 0 Å². The Morgan fingerprint density at radius 2 is 1.94 bits per heavy atom. The van der Waals surface area contributed by atoms with Crippen molar-refractivity contribution in [3.63, 3.8) is 0 Å². The van der Waals surface area contributed by atoms with Crippen LogP contribution in [0.5, 0.6) is 5.75 Å². The van der Waals surface area contributed by atoms with Crippen LogP contribution < -0.4 is 10.1 Å². The van der Waals surface area contributed by atoms with Crippen molar-refractivity contribution in [3.05, 3.63) is 24.3 Å². The van der Waals surface area contributed by atoms with E-state index >= 15 is 0 Å². The van der Waals surface area contributed by atoms with Crippen LogP contribution in [0.25, 0.3) is 0 Å². The number of carbonyl (C=O) groups is 1. The molecule has 100 valence electrons. The summed E-state index contributed by atoms with van der Waals surface area (Å²) in [7, 11) is 1.44. The van der Waals surface area contributed by atoms with Crippen LogP contribution in [0.1, 0.15) is 13.8 Å². The summed E-state index contributed by atoms with van der Waals surface area (Å²) in [6.45, 7) is 3.94. The van der Waals surface area contributed by atoms with Gasteiger partial charge in [0, 0.05) is 17.2 Å². The van der Waals surface area contributed by atoms with Gasteiger partial charge in [0.05, 0.1) is 4.90 Å². The van der Waals surface area contributed by atoms with Crippen molar-refractivity contribution in [2.24, 2.45) is 0 Å². The summed E-state index contributed by atoms with van der Waals surface area (Å²) in [6.07, 6.45) is -0.650. The molecule has 5 nitrogen and oxygen atoms in total. The molecule has 0 aliphatic carbocycles. The van der Waals surface area contributed by atoms with E-state index in [0.717, 1.165) is 0 Å². The van der Waals surface area contributed by atoms with Crippen LogP contribution in [-0.2, 0) is 13.8 Å². The molecule has 0 fully saturated rings. The summed E-state index contributed by atoms with van der Waals surface area (Å²) in [4.78, 5) is 11.4. The summed E-state index contributed by atoms with van der Waals surface area (Å²) >= 11 is 0. The molecule has 0 aliphatic rings. The van der Waals surface area contributed by atoms with Gasteiger partial charge in [0.2, 0.25) is 0 Å². The Balaban J connectivity index is 2.73. The smallest absolute Gasteiger partial charge is 0.261 e. The molecule has 0 saturated heterocycles. The van der Waals surface area contributed by atoms with Crippen molar-refractivity contribution in [1.29, 1.82) is 0 Å². The van der Waals surface area contributed by atoms with Crippen molar-refractivity contribution < 1.29 is 17.9 Å². The standard InChI is InChI=1S/C11H14ClNO4S/c1-3-13-11(14)8(2)17-9-4-6-10(7-5-9)18(12,15)16/h4-8H,3H2,1-2H3,(H,13,14). The highest BCUT2D eigenvalue weighted by atomic mass is 35.7. The maximum atomic E-state index is 11.4. The maximum Gasteiger partial charge on any atom is 0.261 e. The molecular weight excluding hydrogens is 278 g/mol. The van der Waals surface area contributed by atoms with E-state index in [-0.39, 0.29) is 10.8 Å². The fraction of sp³-hybridized carbons (Fsp3) is 0.364. The van der Waals surface area contributed by atoms with Crippen LogP contribution in [0.15, 0.2) is 29.2 Å². The Bertz CT molecular complexity index is 512. The number of ether oxygens (including phenoxy) is 1. The highest BCUT2D eigenvalue weighted by Gasteiger charge is 2.14. The number of halogens is 1. The van der Waals surface area contributed by atoms with Gasteiger partial charge in [0.15, 0.2) is 6.10 Å². The first-order valence-electron chi connectivity index (χ1n) is 5.33. The normalized spacial score (nSPS) is 12.8. The van der Waals surface area contributed by atoms with Gasteiger partial charge in [-0.25, -0.2) is 8.42 Å². The van der Waals surface area contributed by atoms with Gasteiger partial charge in [-0.1, -0.05) is 0 Å². The lowest BCUT2D eigenvalue weighted by atomic mass is 10.3. The zero-order chi connectivity index (χ0) is 13.8. The highest BCUT2D eigenvalue weighted by Crippen LogP contribution is 2.19. The molecule has 1 N–H and O–H groups in total. The molecule has 0 saturated carbocycles. The van der Waals surface area contributed by atoms with E-state index in [2.05, 4.69) is 5.32 Å². The Labute approximate surface area is 111 Å². The van der Waals surface area contributed by atoms with Crippen LogP contribution in [0, 0.1) is 0 Å². The molecule has 0 aliphatic heterocycles. The first-order chi connectivity index (χ1) is 8.34. The fourth-order valence-corrected chi connectivity index (χ4v) is 2.03. The van der Waals surface area contributed by atoms with E-state index in [9.17, 15) is 13.2 Å². The van der Waals surface area contributed by atoms with E-state index in [1.807, 2.05) is 6.92 Å². The SMILES string of the molecule is CCNC(=O)C(C)Oc1ccc(S(=O)(=O)Cl)cc1. The number of amides is 1. The first kappa shape index (κ1) is 14.8. The van der Waals surface area contributed by atoms with E-state index in [4.69, 9.17) is 15.4 Å². The third-order valence-corrected chi connectivity index (χ3v) is 3.51. The molecule has 7 heteroatoms. The number of rotatable bonds is 5. The Morgan fingerprint density at radius 3 is 2.39 bits per heavy atom. The molecule has 0 spiro atoms. The van der Waals surface area contributed by atoms with E-state index in [1.54, 1.807) is 6.92 Å². The van der Waals surface area contributed by atoms with Crippen LogP contribution >= 0.6 is 10.7 Å². The monoisotopic (exact) mass is 291 g/mol. The maximum absolute atomic E-state index is 11.4. The Morgan fingerprint density at radius 1 is 1.39 bits per heavy atom. The van der Waals surface area contributed by atoms with E-state index in [0.29, 0.717) is 12.3 Å². The van der Waals surface area contributed by atoms with Gasteiger partial charge >= 0.3 is 0 Å². The summed E-state index contributed by atoms with van der Waals surface area (Å²) in [6, 6.07) is 5.54. The Hall–Kier alpha value is -1.27. The minimum Gasteiger partial charge on any atom is -0.481 e. The fourth-order valence-electron chi connectivity index (χ4n) is 1.26. The molecule has 1 rings (SSSR count). The van der Waals surface area contributed by atoms with Crippen molar-refractivity contribution in [2.75, 3.05) is 6.54 Å². The lowest BCUT2D eigenvalue weighted by Crippen LogP contribution is -2.36. The van der Waals surface area contributed by atoms with Gasteiger partial charge in [-0.3, -0.25) is 4.79 Å². The van der Waals surface area contributed by atoms with Gasteiger partial charge in [-0.2, -0.15) is 0 Å². The van der Waals surface area contributed by atoms with Gasteiger partial charge < -0.3 is 10.1 Å². The van der Waals surface area contributed by atoms with Crippen LogP contribution in [0.3, 0.4) is 0 Å². The number of nitrogens with one attached hydrogen (secondary N) is 1. The molecular formula is C11H14ClNO4S. The molecule has 0 radical (unpaired) electrons. The van der Waals surface area contributed by atoms with Gasteiger partial charge in [0.1, 0.15) is 5.75 Å². The second kappa shape index (κ2) is 6.06.